The van der Waals surface area contributed by atoms with Crippen LogP contribution in [0, 0.1) is 22.7 Å². The number of urea groups is 1. The molecule has 4 heterocycles. The summed E-state index contributed by atoms with van der Waals surface area (Å²) in [5.41, 5.74) is 0.457. The first-order valence-corrected chi connectivity index (χ1v) is 15.2. The first-order chi connectivity index (χ1) is 21.5. The van der Waals surface area contributed by atoms with Gasteiger partial charge in [-0.15, -0.1) is 0 Å². The molecule has 0 unspecified atom stereocenters. The summed E-state index contributed by atoms with van der Waals surface area (Å²) < 4.78 is 63.5. The van der Waals surface area contributed by atoms with Crippen LogP contribution < -0.4 is 10.6 Å². The Morgan fingerprint density at radius 2 is 1.87 bits per heavy atom. The van der Waals surface area contributed by atoms with E-state index in [9.17, 15) is 32.4 Å². The van der Waals surface area contributed by atoms with Crippen LogP contribution in [0.5, 0.6) is 0 Å². The molecule has 2 atom stereocenters. The first-order valence-electron chi connectivity index (χ1n) is 15.2. The molecule has 45 heavy (non-hydrogen) atoms. The van der Waals surface area contributed by atoms with E-state index in [-0.39, 0.29) is 48.9 Å². The van der Waals surface area contributed by atoms with Crippen molar-refractivity contribution in [3.63, 3.8) is 0 Å². The van der Waals surface area contributed by atoms with Gasteiger partial charge in [-0.05, 0) is 55.7 Å². The molecule has 0 spiro atoms. The minimum Gasteiger partial charge on any atom is -0.342 e. The molecule has 0 radical (unpaired) electrons. The van der Waals surface area contributed by atoms with E-state index < -0.39 is 54.4 Å². The minimum absolute atomic E-state index is 0.0505. The van der Waals surface area contributed by atoms with Gasteiger partial charge in [0.15, 0.2) is 11.3 Å². The zero-order chi connectivity index (χ0) is 31.6. The standard InChI is InChI=1S/C29H31F4N9O3/c30-28(31)8-4-17(5-9-28)21(38-25(43)23-22(16-2-3-16)39-45-40-23)19-12-42-20(37-19)10-18(11-36-42)24(27(13-34)6-1-7-27)41-15-29(32,33)14-35-26(41)44/h10-12,16-17,21,24H,1-9,14-15H2,(H,35,44)(H,38,43)/t21-,24-/m0/s1. The Labute approximate surface area is 254 Å². The first kappa shape index (κ1) is 29.4. The quantitative estimate of drug-likeness (QED) is 0.341. The summed E-state index contributed by atoms with van der Waals surface area (Å²) in [5.74, 6) is -6.81. The summed E-state index contributed by atoms with van der Waals surface area (Å²) >= 11 is 0. The largest absolute Gasteiger partial charge is 0.342 e. The van der Waals surface area contributed by atoms with Crippen LogP contribution in [0.2, 0.25) is 0 Å². The van der Waals surface area contributed by atoms with Gasteiger partial charge in [0, 0.05) is 24.3 Å². The number of alkyl halides is 4. The van der Waals surface area contributed by atoms with Gasteiger partial charge in [-0.3, -0.25) is 4.79 Å². The molecule has 0 bridgehead atoms. The number of hydrogen-bond acceptors (Lipinski definition) is 8. The maximum Gasteiger partial charge on any atom is 0.318 e. The van der Waals surface area contributed by atoms with E-state index in [4.69, 9.17) is 9.61 Å². The van der Waals surface area contributed by atoms with Gasteiger partial charge in [-0.25, -0.2) is 36.5 Å². The fraction of sp³-hybridized carbons (Fsp3) is 0.621. The van der Waals surface area contributed by atoms with E-state index >= 15 is 0 Å². The maximum atomic E-state index is 14.5. The zero-order valence-electron chi connectivity index (χ0n) is 24.2. The molecule has 16 heteroatoms. The molecule has 3 saturated carbocycles. The number of halogens is 4. The molecule has 0 aromatic carbocycles. The van der Waals surface area contributed by atoms with Gasteiger partial charge in [0.05, 0.1) is 54.7 Å². The fourth-order valence-corrected chi connectivity index (χ4v) is 6.92. The third-order valence-electron chi connectivity index (χ3n) is 9.67. The Morgan fingerprint density at radius 1 is 1.11 bits per heavy atom. The van der Waals surface area contributed by atoms with E-state index in [0.717, 1.165) is 17.7 Å². The second kappa shape index (κ2) is 10.7. The van der Waals surface area contributed by atoms with Crippen molar-refractivity contribution in [3.8, 4) is 6.07 Å². The number of nitrogens with one attached hydrogen (secondary N) is 2. The van der Waals surface area contributed by atoms with Gasteiger partial charge in [0.1, 0.15) is 5.69 Å². The highest BCUT2D eigenvalue weighted by Crippen LogP contribution is 2.53. The van der Waals surface area contributed by atoms with Crippen LogP contribution >= 0.6 is 0 Å². The third kappa shape index (κ3) is 5.46. The van der Waals surface area contributed by atoms with E-state index in [1.807, 2.05) is 0 Å². The lowest BCUT2D eigenvalue weighted by Gasteiger charge is -2.49. The number of aromatic nitrogens is 5. The van der Waals surface area contributed by atoms with Crippen molar-refractivity contribution in [2.45, 2.75) is 87.6 Å². The molecule has 1 aliphatic heterocycles. The Morgan fingerprint density at radius 3 is 2.53 bits per heavy atom. The summed E-state index contributed by atoms with van der Waals surface area (Å²) in [7, 11) is 0. The Kier molecular flexibility index (Phi) is 6.97. The number of nitrogens with zero attached hydrogens (tertiary/aromatic N) is 7. The minimum atomic E-state index is -3.19. The summed E-state index contributed by atoms with van der Waals surface area (Å²) in [6.45, 7) is -1.64. The molecule has 2 N–H and O–H groups in total. The van der Waals surface area contributed by atoms with E-state index in [0.29, 0.717) is 36.2 Å². The number of rotatable bonds is 8. The average molecular weight is 630 g/mol. The number of hydrogen-bond donors (Lipinski definition) is 2. The predicted molar refractivity (Wildman–Crippen MR) is 146 cm³/mol. The molecule has 12 nitrogen and oxygen atoms in total. The zero-order valence-corrected chi connectivity index (χ0v) is 24.2. The number of nitriles is 1. The fourth-order valence-electron chi connectivity index (χ4n) is 6.92. The van der Waals surface area contributed by atoms with E-state index in [1.54, 1.807) is 12.3 Å². The lowest BCUT2D eigenvalue weighted by atomic mass is 9.63. The third-order valence-corrected chi connectivity index (χ3v) is 9.67. The highest BCUT2D eigenvalue weighted by molar-refractivity contribution is 5.93. The summed E-state index contributed by atoms with van der Waals surface area (Å²) in [5, 5.41) is 27.5. The molecule has 7 rings (SSSR count). The lowest BCUT2D eigenvalue weighted by molar-refractivity contribution is -0.0628. The molecule has 3 aromatic rings. The van der Waals surface area contributed by atoms with Crippen molar-refractivity contribution in [3.05, 3.63) is 41.1 Å². The molecular weight excluding hydrogens is 598 g/mol. The number of imidazole rings is 1. The topological polar surface area (TPSA) is 154 Å². The normalized spacial score (nSPS) is 23.9. The van der Waals surface area contributed by atoms with Crippen molar-refractivity contribution >= 4 is 17.6 Å². The molecule has 238 valence electrons. The van der Waals surface area contributed by atoms with Gasteiger partial charge in [0.25, 0.3) is 11.8 Å². The van der Waals surface area contributed by atoms with E-state index in [2.05, 4.69) is 32.1 Å². The van der Waals surface area contributed by atoms with Crippen LogP contribution in [0.4, 0.5) is 22.4 Å². The summed E-state index contributed by atoms with van der Waals surface area (Å²) in [6.07, 6.45) is 5.91. The van der Waals surface area contributed by atoms with Crippen molar-refractivity contribution in [1.82, 2.24) is 40.4 Å². The SMILES string of the molecule is N#CC1([C@H](c2cnn3cc([C@@H](NC(=O)c4nonc4C4CC4)C4CCC(F)(F)CC4)nc3c2)N2CC(F)(F)CNC2=O)CCC1. The van der Waals surface area contributed by atoms with Crippen molar-refractivity contribution < 1.29 is 31.8 Å². The van der Waals surface area contributed by atoms with Gasteiger partial charge in [-0.1, -0.05) is 11.6 Å². The summed E-state index contributed by atoms with van der Waals surface area (Å²) in [4.78, 5) is 32.0. The van der Waals surface area contributed by atoms with Gasteiger partial charge in [0.2, 0.25) is 5.92 Å². The van der Waals surface area contributed by atoms with Gasteiger partial charge in [-0.2, -0.15) is 10.4 Å². The number of fused-ring (bicyclic) bond motifs is 1. The second-order valence-corrected chi connectivity index (χ2v) is 12.8. The molecule has 4 aliphatic rings. The molecule has 3 aliphatic carbocycles. The second-order valence-electron chi connectivity index (χ2n) is 12.8. The van der Waals surface area contributed by atoms with Crippen LogP contribution in [0.1, 0.15) is 103 Å². The monoisotopic (exact) mass is 629 g/mol. The highest BCUT2D eigenvalue weighted by atomic mass is 19.3. The van der Waals surface area contributed by atoms with Crippen molar-refractivity contribution in [2.24, 2.45) is 11.3 Å². The van der Waals surface area contributed by atoms with Crippen molar-refractivity contribution in [2.75, 3.05) is 13.1 Å². The lowest BCUT2D eigenvalue weighted by Crippen LogP contribution is -2.60. The molecule has 4 fully saturated rings. The van der Waals surface area contributed by atoms with Gasteiger partial charge >= 0.3 is 6.03 Å². The Bertz CT molecular complexity index is 1670. The Hall–Kier alpha value is -4.29. The number of amides is 3. The van der Waals surface area contributed by atoms with Crippen LogP contribution in [0.15, 0.2) is 23.1 Å². The maximum absolute atomic E-state index is 14.5. The average Bonchev–Trinajstić information content (AvgIpc) is 3.54. The molecule has 3 amide bonds. The molecular formula is C29H31F4N9O3. The molecule has 1 saturated heterocycles. The Balaban J connectivity index is 1.24. The predicted octanol–water partition coefficient (Wildman–Crippen LogP) is 4.68. The van der Waals surface area contributed by atoms with Gasteiger partial charge < -0.3 is 15.5 Å². The number of carbonyl (C=O) groups excluding carboxylic acids is 2. The van der Waals surface area contributed by atoms with Crippen LogP contribution in [0.3, 0.4) is 0 Å². The van der Waals surface area contributed by atoms with E-state index in [1.165, 1.54) is 10.7 Å². The molecule has 3 aromatic heterocycles. The van der Waals surface area contributed by atoms with Crippen LogP contribution in [0.25, 0.3) is 5.65 Å². The smallest absolute Gasteiger partial charge is 0.318 e. The summed E-state index contributed by atoms with van der Waals surface area (Å²) in [6, 6.07) is 1.41. The van der Waals surface area contributed by atoms with Crippen molar-refractivity contribution in [1.29, 1.82) is 5.26 Å². The van der Waals surface area contributed by atoms with Crippen LogP contribution in [-0.4, -0.2) is 66.7 Å². The number of carbonyl (C=O) groups is 2. The highest BCUT2D eigenvalue weighted by Gasteiger charge is 2.53. The van der Waals surface area contributed by atoms with Crippen LogP contribution in [-0.2, 0) is 0 Å².